The molecule has 1 N–H and O–H groups in total. The van der Waals surface area contributed by atoms with E-state index < -0.39 is 12.8 Å². The summed E-state index contributed by atoms with van der Waals surface area (Å²) in [5, 5.41) is 6.96. The normalized spacial score (nSPS) is 12.3. The van der Waals surface area contributed by atoms with Gasteiger partial charge in [-0.05, 0) is 13.0 Å². The molecule has 20 heavy (non-hydrogen) atoms. The van der Waals surface area contributed by atoms with E-state index in [4.69, 9.17) is 4.52 Å². The van der Waals surface area contributed by atoms with Crippen LogP contribution in [0.3, 0.4) is 0 Å². The van der Waals surface area contributed by atoms with E-state index in [1.165, 1.54) is 0 Å². The Hall–Kier alpha value is -1.15. The molecule has 0 amide bonds. The van der Waals surface area contributed by atoms with Crippen molar-refractivity contribution in [1.82, 2.24) is 15.5 Å². The van der Waals surface area contributed by atoms with Crippen LogP contribution in [0, 0.1) is 0 Å². The highest BCUT2D eigenvalue weighted by Gasteiger charge is 2.27. The number of hydrogen-bond acceptors (Lipinski definition) is 5. The lowest BCUT2D eigenvalue weighted by molar-refractivity contribution is -0.173. The van der Waals surface area contributed by atoms with Crippen molar-refractivity contribution in [1.29, 1.82) is 0 Å². The Morgan fingerprint density at radius 3 is 2.70 bits per heavy atom. The van der Waals surface area contributed by atoms with E-state index in [2.05, 4.69) is 34.0 Å². The summed E-state index contributed by atoms with van der Waals surface area (Å²) in [6.07, 6.45) is -2.57. The van der Waals surface area contributed by atoms with Gasteiger partial charge in [0, 0.05) is 18.9 Å². The summed E-state index contributed by atoms with van der Waals surface area (Å²) in [6, 6.07) is 0.430. The van der Waals surface area contributed by atoms with Crippen LogP contribution in [-0.2, 0) is 17.6 Å². The molecule has 116 valence electrons. The molecule has 0 radical (unpaired) electrons. The van der Waals surface area contributed by atoms with Gasteiger partial charge in [0.15, 0.2) is 5.82 Å². The fourth-order valence-corrected chi connectivity index (χ4v) is 1.47. The molecule has 0 aliphatic carbocycles. The molecule has 0 saturated heterocycles. The van der Waals surface area contributed by atoms with Crippen LogP contribution in [0.4, 0.5) is 13.2 Å². The van der Waals surface area contributed by atoms with Gasteiger partial charge in [-0.3, -0.25) is 0 Å². The number of halogens is 3. The Bertz CT molecular complexity index is 380. The number of hydrogen-bond donors (Lipinski definition) is 1. The smallest absolute Gasteiger partial charge is 0.372 e. The molecule has 5 nitrogen and oxygen atoms in total. The summed E-state index contributed by atoms with van der Waals surface area (Å²) in [5.74, 6) is 0.875. The van der Waals surface area contributed by atoms with Crippen molar-refractivity contribution in [2.75, 3.05) is 19.8 Å². The number of nitrogens with one attached hydrogen (secondary N) is 1. The second-order valence-electron chi connectivity index (χ2n) is 4.73. The standard InChI is InChI=1S/C12H20F3N3O2/c1-9(2)16-6-3-4-11-17-10(18-20-11)5-7-19-8-12(13,14)15/h9,16H,3-8H2,1-2H3. The Labute approximate surface area is 115 Å². The van der Waals surface area contributed by atoms with Crippen molar-refractivity contribution in [3.8, 4) is 0 Å². The molecule has 1 rings (SSSR count). The first-order valence-corrected chi connectivity index (χ1v) is 6.56. The van der Waals surface area contributed by atoms with Gasteiger partial charge in [-0.2, -0.15) is 18.2 Å². The van der Waals surface area contributed by atoms with Crippen molar-refractivity contribution in [3.05, 3.63) is 11.7 Å². The molecule has 0 fully saturated rings. The van der Waals surface area contributed by atoms with Crippen LogP contribution in [-0.4, -0.2) is 42.1 Å². The first-order chi connectivity index (χ1) is 9.37. The molecule has 0 aromatic carbocycles. The van der Waals surface area contributed by atoms with Crippen molar-refractivity contribution in [3.63, 3.8) is 0 Å². The molecular formula is C12H20F3N3O2. The molecule has 0 aliphatic heterocycles. The van der Waals surface area contributed by atoms with Crippen LogP contribution >= 0.6 is 0 Å². The second-order valence-corrected chi connectivity index (χ2v) is 4.73. The number of ether oxygens (including phenoxy) is 1. The van der Waals surface area contributed by atoms with E-state index >= 15 is 0 Å². The Balaban J connectivity index is 2.16. The lowest BCUT2D eigenvalue weighted by Gasteiger charge is -2.05. The molecular weight excluding hydrogens is 275 g/mol. The topological polar surface area (TPSA) is 60.2 Å². The maximum absolute atomic E-state index is 11.8. The molecule has 8 heteroatoms. The largest absolute Gasteiger partial charge is 0.411 e. The summed E-state index contributed by atoms with van der Waals surface area (Å²) in [7, 11) is 0. The monoisotopic (exact) mass is 295 g/mol. The molecule has 0 bridgehead atoms. The third-order valence-corrected chi connectivity index (χ3v) is 2.37. The van der Waals surface area contributed by atoms with Crippen molar-refractivity contribution < 1.29 is 22.4 Å². The van der Waals surface area contributed by atoms with E-state index in [1.54, 1.807) is 0 Å². The second kappa shape index (κ2) is 8.21. The van der Waals surface area contributed by atoms with E-state index in [1.807, 2.05) is 0 Å². The Kier molecular flexibility index (Phi) is 6.94. The first kappa shape index (κ1) is 16.9. The predicted molar refractivity (Wildman–Crippen MR) is 66.3 cm³/mol. The zero-order valence-corrected chi connectivity index (χ0v) is 11.7. The minimum absolute atomic E-state index is 0.0760. The maximum atomic E-state index is 11.8. The average molecular weight is 295 g/mol. The highest BCUT2D eigenvalue weighted by Crippen LogP contribution is 2.14. The number of aryl methyl sites for hydroxylation is 1. The van der Waals surface area contributed by atoms with E-state index in [-0.39, 0.29) is 13.0 Å². The Morgan fingerprint density at radius 1 is 1.30 bits per heavy atom. The van der Waals surface area contributed by atoms with Crippen LogP contribution in [0.1, 0.15) is 32.0 Å². The van der Waals surface area contributed by atoms with Crippen LogP contribution in [0.2, 0.25) is 0 Å². The summed E-state index contributed by atoms with van der Waals surface area (Å²) in [4.78, 5) is 4.09. The van der Waals surface area contributed by atoms with Crippen molar-refractivity contribution >= 4 is 0 Å². The van der Waals surface area contributed by atoms with Gasteiger partial charge < -0.3 is 14.6 Å². The van der Waals surface area contributed by atoms with Crippen LogP contribution in [0.25, 0.3) is 0 Å². The summed E-state index contributed by atoms with van der Waals surface area (Å²) in [6.45, 7) is 3.65. The fourth-order valence-electron chi connectivity index (χ4n) is 1.47. The third-order valence-electron chi connectivity index (χ3n) is 2.37. The van der Waals surface area contributed by atoms with Gasteiger partial charge in [0.25, 0.3) is 0 Å². The van der Waals surface area contributed by atoms with Crippen LogP contribution in [0.5, 0.6) is 0 Å². The predicted octanol–water partition coefficient (Wildman–Crippen LogP) is 2.12. The maximum Gasteiger partial charge on any atom is 0.411 e. The Morgan fingerprint density at radius 2 is 2.05 bits per heavy atom. The fraction of sp³-hybridized carbons (Fsp3) is 0.833. The minimum Gasteiger partial charge on any atom is -0.372 e. The van der Waals surface area contributed by atoms with Crippen LogP contribution < -0.4 is 5.32 Å². The van der Waals surface area contributed by atoms with Gasteiger partial charge in [0.2, 0.25) is 5.89 Å². The van der Waals surface area contributed by atoms with Gasteiger partial charge in [0.1, 0.15) is 6.61 Å². The van der Waals surface area contributed by atoms with Gasteiger partial charge in [-0.25, -0.2) is 0 Å². The van der Waals surface area contributed by atoms with E-state index in [0.717, 1.165) is 13.0 Å². The van der Waals surface area contributed by atoms with E-state index in [0.29, 0.717) is 24.2 Å². The zero-order valence-electron chi connectivity index (χ0n) is 11.7. The van der Waals surface area contributed by atoms with Gasteiger partial charge in [0.05, 0.1) is 6.61 Å². The van der Waals surface area contributed by atoms with E-state index in [9.17, 15) is 13.2 Å². The molecule has 1 aromatic heterocycles. The third kappa shape index (κ3) is 8.11. The average Bonchev–Trinajstić information content (AvgIpc) is 2.77. The van der Waals surface area contributed by atoms with Crippen LogP contribution in [0.15, 0.2) is 4.52 Å². The number of nitrogens with zero attached hydrogens (tertiary/aromatic N) is 2. The van der Waals surface area contributed by atoms with Gasteiger partial charge >= 0.3 is 6.18 Å². The number of aromatic nitrogens is 2. The molecule has 0 aliphatic rings. The molecule has 0 spiro atoms. The van der Waals surface area contributed by atoms with Crippen molar-refractivity contribution in [2.45, 2.75) is 45.3 Å². The molecule has 1 heterocycles. The summed E-state index contributed by atoms with van der Waals surface area (Å²) >= 11 is 0. The van der Waals surface area contributed by atoms with Gasteiger partial charge in [-0.1, -0.05) is 19.0 Å². The van der Waals surface area contributed by atoms with Gasteiger partial charge in [-0.15, -0.1) is 0 Å². The highest BCUT2D eigenvalue weighted by molar-refractivity contribution is 4.86. The SMILES string of the molecule is CC(C)NCCCc1nc(CCOCC(F)(F)F)no1. The molecule has 1 aromatic rings. The van der Waals surface area contributed by atoms with Crippen molar-refractivity contribution in [2.24, 2.45) is 0 Å². The summed E-state index contributed by atoms with van der Waals surface area (Å²) in [5.41, 5.74) is 0. The number of rotatable bonds is 9. The zero-order chi connectivity index (χ0) is 15.0. The lowest BCUT2D eigenvalue weighted by atomic mass is 10.3. The highest BCUT2D eigenvalue weighted by atomic mass is 19.4. The summed E-state index contributed by atoms with van der Waals surface area (Å²) < 4.78 is 45.0. The molecule has 0 unspecified atom stereocenters. The quantitative estimate of drug-likeness (QED) is 0.707. The lowest BCUT2D eigenvalue weighted by Crippen LogP contribution is -2.23. The molecule has 0 atom stereocenters. The minimum atomic E-state index is -4.30. The molecule has 0 saturated carbocycles. The first-order valence-electron chi connectivity index (χ1n) is 6.56. The number of alkyl halides is 3.